The van der Waals surface area contributed by atoms with Crippen molar-refractivity contribution in [3.63, 3.8) is 0 Å². The van der Waals surface area contributed by atoms with Crippen LogP contribution in [0.4, 0.5) is 0 Å². The number of carbonyl (C=O) groups excluding carboxylic acids is 1. The average molecular weight is 395 g/mol. The number of carbonyl (C=O) groups is 1. The number of ether oxygens (including phenoxy) is 1. The van der Waals surface area contributed by atoms with Gasteiger partial charge in [0, 0.05) is 26.2 Å². The zero-order valence-corrected chi connectivity index (χ0v) is 17.0. The predicted octanol–water partition coefficient (Wildman–Crippen LogP) is 2.62. The Labute approximate surface area is 169 Å². The second-order valence-corrected chi connectivity index (χ2v) is 7.47. The zero-order valence-electron chi connectivity index (χ0n) is 17.0. The molecule has 1 saturated heterocycles. The van der Waals surface area contributed by atoms with Crippen molar-refractivity contribution in [2.45, 2.75) is 32.7 Å². The van der Waals surface area contributed by atoms with Crippen LogP contribution in [0.25, 0.3) is 11.5 Å². The van der Waals surface area contributed by atoms with Crippen molar-refractivity contribution < 1.29 is 14.1 Å². The fourth-order valence-corrected chi connectivity index (χ4v) is 3.65. The van der Waals surface area contributed by atoms with Crippen molar-refractivity contribution in [2.24, 2.45) is 7.05 Å². The number of hydrogen-bond acceptors (Lipinski definition) is 6. The van der Waals surface area contributed by atoms with Crippen molar-refractivity contribution in [3.05, 3.63) is 53.1 Å². The maximum Gasteiger partial charge on any atom is 0.261 e. The lowest BCUT2D eigenvalue weighted by Crippen LogP contribution is -2.44. The number of morpholine rings is 1. The summed E-state index contributed by atoms with van der Waals surface area (Å²) < 4.78 is 12.7. The van der Waals surface area contributed by atoms with Gasteiger partial charge in [0.1, 0.15) is 6.04 Å². The summed E-state index contributed by atoms with van der Waals surface area (Å²) in [6, 6.07) is 6.00. The first-order valence-corrected chi connectivity index (χ1v) is 9.77. The lowest BCUT2D eigenvalue weighted by Gasteiger charge is -2.33. The summed E-state index contributed by atoms with van der Waals surface area (Å²) >= 11 is 0. The van der Waals surface area contributed by atoms with E-state index in [2.05, 4.69) is 47.3 Å². The molecule has 1 fully saturated rings. The van der Waals surface area contributed by atoms with Crippen LogP contribution in [0.15, 0.2) is 35.1 Å². The normalized spacial score (nSPS) is 16.9. The molecule has 8 heteroatoms. The SMILES string of the molecule is Cc1ccc(CCC(=O)N2CCOCC2c2noc(-c3cnn(C)c3)n2)c(C)c1. The minimum absolute atomic E-state index is 0.0750. The van der Waals surface area contributed by atoms with Crippen LogP contribution in [0.5, 0.6) is 0 Å². The molecule has 1 aromatic carbocycles. The van der Waals surface area contributed by atoms with Crippen LogP contribution in [0.2, 0.25) is 0 Å². The Morgan fingerprint density at radius 3 is 2.93 bits per heavy atom. The highest BCUT2D eigenvalue weighted by atomic mass is 16.5. The smallest absolute Gasteiger partial charge is 0.261 e. The molecule has 0 aliphatic carbocycles. The fraction of sp³-hybridized carbons (Fsp3) is 0.429. The number of amides is 1. The summed E-state index contributed by atoms with van der Waals surface area (Å²) in [5.41, 5.74) is 4.39. The lowest BCUT2D eigenvalue weighted by molar-refractivity contribution is -0.140. The molecular weight excluding hydrogens is 370 g/mol. The summed E-state index contributed by atoms with van der Waals surface area (Å²) in [4.78, 5) is 19.3. The molecule has 0 N–H and O–H groups in total. The molecule has 1 unspecified atom stereocenters. The first-order chi connectivity index (χ1) is 14.0. The molecule has 1 aliphatic rings. The Balaban J connectivity index is 1.47. The Morgan fingerprint density at radius 1 is 1.31 bits per heavy atom. The maximum absolute atomic E-state index is 13.0. The first kappa shape index (κ1) is 19.3. The van der Waals surface area contributed by atoms with Crippen molar-refractivity contribution in [1.29, 1.82) is 0 Å². The quantitative estimate of drug-likeness (QED) is 0.660. The standard InChI is InChI=1S/C21H25N5O3/c1-14-4-5-16(15(2)10-14)6-7-19(27)26-8-9-28-13-18(26)20-23-21(29-24-20)17-11-22-25(3)12-17/h4-5,10-12,18H,6-9,13H2,1-3H3. The molecule has 4 rings (SSSR count). The molecule has 3 aromatic rings. The molecule has 152 valence electrons. The topological polar surface area (TPSA) is 86.3 Å². The molecule has 0 spiro atoms. The number of hydrogen-bond donors (Lipinski definition) is 0. The third-order valence-electron chi connectivity index (χ3n) is 5.25. The van der Waals surface area contributed by atoms with E-state index < -0.39 is 0 Å². The van der Waals surface area contributed by atoms with Gasteiger partial charge in [0.05, 0.1) is 25.0 Å². The van der Waals surface area contributed by atoms with Gasteiger partial charge in [-0.3, -0.25) is 9.48 Å². The second kappa shape index (κ2) is 8.16. The Kier molecular flexibility index (Phi) is 5.44. The van der Waals surface area contributed by atoms with Gasteiger partial charge in [0.2, 0.25) is 5.91 Å². The van der Waals surface area contributed by atoms with Gasteiger partial charge < -0.3 is 14.2 Å². The van der Waals surface area contributed by atoms with E-state index in [9.17, 15) is 4.79 Å². The average Bonchev–Trinajstić information content (AvgIpc) is 3.36. The van der Waals surface area contributed by atoms with Crippen molar-refractivity contribution in [3.8, 4) is 11.5 Å². The minimum Gasteiger partial charge on any atom is -0.377 e. The molecule has 0 radical (unpaired) electrons. The lowest BCUT2D eigenvalue weighted by atomic mass is 10.0. The highest BCUT2D eigenvalue weighted by Crippen LogP contribution is 2.26. The van der Waals surface area contributed by atoms with Crippen molar-refractivity contribution in [2.75, 3.05) is 19.8 Å². The molecule has 1 atom stereocenters. The van der Waals surface area contributed by atoms with Gasteiger partial charge in [-0.2, -0.15) is 10.1 Å². The van der Waals surface area contributed by atoms with Crippen LogP contribution in [-0.4, -0.2) is 50.5 Å². The van der Waals surface area contributed by atoms with E-state index in [0.717, 1.165) is 5.56 Å². The summed E-state index contributed by atoms with van der Waals surface area (Å²) in [6.07, 6.45) is 4.62. The fourth-order valence-electron chi connectivity index (χ4n) is 3.65. The minimum atomic E-state index is -0.343. The van der Waals surface area contributed by atoms with Gasteiger partial charge in [-0.25, -0.2) is 0 Å². The monoisotopic (exact) mass is 395 g/mol. The van der Waals surface area contributed by atoms with Gasteiger partial charge in [0.25, 0.3) is 5.89 Å². The number of aromatic nitrogens is 4. The molecule has 29 heavy (non-hydrogen) atoms. The van der Waals surface area contributed by atoms with E-state index in [1.807, 2.05) is 18.1 Å². The third-order valence-corrected chi connectivity index (χ3v) is 5.25. The number of nitrogens with zero attached hydrogens (tertiary/aromatic N) is 5. The Morgan fingerprint density at radius 2 is 2.17 bits per heavy atom. The Hall–Kier alpha value is -3.00. The molecule has 3 heterocycles. The largest absolute Gasteiger partial charge is 0.377 e. The van der Waals surface area contributed by atoms with Crippen LogP contribution >= 0.6 is 0 Å². The highest BCUT2D eigenvalue weighted by molar-refractivity contribution is 5.77. The molecule has 1 amide bonds. The molecule has 0 bridgehead atoms. The summed E-state index contributed by atoms with van der Waals surface area (Å²) in [5.74, 6) is 0.927. The molecular formula is C21H25N5O3. The maximum atomic E-state index is 13.0. The van der Waals surface area contributed by atoms with Gasteiger partial charge in [-0.15, -0.1) is 0 Å². The number of aryl methyl sites for hydroxylation is 4. The Bertz CT molecular complexity index is 1010. The molecule has 1 aliphatic heterocycles. The summed E-state index contributed by atoms with van der Waals surface area (Å²) in [6.45, 7) is 5.56. The van der Waals surface area contributed by atoms with E-state index in [1.165, 1.54) is 16.7 Å². The van der Waals surface area contributed by atoms with E-state index in [-0.39, 0.29) is 11.9 Å². The predicted molar refractivity (Wildman–Crippen MR) is 106 cm³/mol. The summed E-state index contributed by atoms with van der Waals surface area (Å²) in [7, 11) is 1.83. The van der Waals surface area contributed by atoms with E-state index in [0.29, 0.717) is 44.3 Å². The second-order valence-electron chi connectivity index (χ2n) is 7.47. The molecule has 2 aromatic heterocycles. The van der Waals surface area contributed by atoms with Gasteiger partial charge in [-0.1, -0.05) is 28.9 Å². The van der Waals surface area contributed by atoms with Crippen LogP contribution in [0, 0.1) is 13.8 Å². The van der Waals surface area contributed by atoms with Crippen LogP contribution in [0.1, 0.15) is 35.0 Å². The zero-order chi connectivity index (χ0) is 20.4. The number of rotatable bonds is 5. The molecule has 0 saturated carbocycles. The number of benzene rings is 1. The first-order valence-electron chi connectivity index (χ1n) is 9.77. The van der Waals surface area contributed by atoms with Crippen LogP contribution in [0.3, 0.4) is 0 Å². The van der Waals surface area contributed by atoms with E-state index in [1.54, 1.807) is 10.9 Å². The van der Waals surface area contributed by atoms with Crippen molar-refractivity contribution >= 4 is 5.91 Å². The highest BCUT2D eigenvalue weighted by Gasteiger charge is 2.32. The van der Waals surface area contributed by atoms with Crippen LogP contribution < -0.4 is 0 Å². The third kappa shape index (κ3) is 4.22. The van der Waals surface area contributed by atoms with Gasteiger partial charge in [-0.05, 0) is 31.4 Å². The van der Waals surface area contributed by atoms with Gasteiger partial charge in [0.15, 0.2) is 5.82 Å². The van der Waals surface area contributed by atoms with E-state index in [4.69, 9.17) is 9.26 Å². The van der Waals surface area contributed by atoms with Gasteiger partial charge >= 0.3 is 0 Å². The summed E-state index contributed by atoms with van der Waals surface area (Å²) in [5, 5.41) is 8.23. The van der Waals surface area contributed by atoms with E-state index >= 15 is 0 Å². The van der Waals surface area contributed by atoms with Crippen LogP contribution in [-0.2, 0) is 23.0 Å². The molecule has 8 nitrogen and oxygen atoms in total. The van der Waals surface area contributed by atoms with Crippen molar-refractivity contribution in [1.82, 2.24) is 24.8 Å².